The number of aromatic nitrogens is 3. The van der Waals surface area contributed by atoms with Crippen LogP contribution in [0, 0.1) is 0 Å². The standard InChI is InChI=1S/C17H21N5O/c1-21-8-3-5-14(21)17(23)22-9-6-13-15(20-11-19-13)16(22)12-4-2-7-18-10-12/h2,4,7,10-11,14,16H,3,5-6,8-9H2,1H3,(H,19,20)/t14-,16?/m0/s1. The van der Waals surface area contributed by atoms with Crippen LogP contribution in [0.2, 0.25) is 0 Å². The van der Waals surface area contributed by atoms with E-state index in [0.717, 1.165) is 49.3 Å². The third kappa shape index (κ3) is 2.43. The van der Waals surface area contributed by atoms with Gasteiger partial charge in [-0.1, -0.05) is 6.07 Å². The van der Waals surface area contributed by atoms with Crippen molar-refractivity contribution >= 4 is 5.91 Å². The molecule has 1 saturated heterocycles. The highest BCUT2D eigenvalue weighted by Gasteiger charge is 2.39. The van der Waals surface area contributed by atoms with Gasteiger partial charge in [0.05, 0.1) is 18.1 Å². The Bertz CT molecular complexity index is 698. The Morgan fingerprint density at radius 2 is 2.30 bits per heavy atom. The summed E-state index contributed by atoms with van der Waals surface area (Å²) >= 11 is 0. The molecule has 6 heteroatoms. The summed E-state index contributed by atoms with van der Waals surface area (Å²) in [5, 5.41) is 0. The summed E-state index contributed by atoms with van der Waals surface area (Å²) in [5.74, 6) is 0.215. The molecule has 0 bridgehead atoms. The Kier molecular flexibility index (Phi) is 3.61. The van der Waals surface area contributed by atoms with Gasteiger partial charge in [0.1, 0.15) is 6.04 Å². The topological polar surface area (TPSA) is 65.1 Å². The predicted molar refractivity (Wildman–Crippen MR) is 85.7 cm³/mol. The molecule has 2 aliphatic heterocycles. The van der Waals surface area contributed by atoms with Crippen LogP contribution in [0.25, 0.3) is 0 Å². The molecule has 2 aliphatic rings. The molecule has 0 radical (unpaired) electrons. The van der Waals surface area contributed by atoms with Crippen LogP contribution in [0.4, 0.5) is 0 Å². The molecular formula is C17H21N5O. The van der Waals surface area contributed by atoms with Crippen LogP contribution in [0.1, 0.15) is 35.8 Å². The minimum Gasteiger partial charge on any atom is -0.348 e. The van der Waals surface area contributed by atoms with Crippen molar-refractivity contribution in [2.75, 3.05) is 20.1 Å². The normalized spacial score (nSPS) is 24.7. The fourth-order valence-electron chi connectivity index (χ4n) is 3.80. The second-order valence-electron chi connectivity index (χ2n) is 6.38. The Morgan fingerprint density at radius 3 is 3.04 bits per heavy atom. The van der Waals surface area contributed by atoms with Gasteiger partial charge in [0.15, 0.2) is 0 Å². The highest BCUT2D eigenvalue weighted by Crippen LogP contribution is 2.34. The van der Waals surface area contributed by atoms with E-state index >= 15 is 0 Å². The van der Waals surface area contributed by atoms with E-state index in [4.69, 9.17) is 0 Å². The molecule has 23 heavy (non-hydrogen) atoms. The van der Waals surface area contributed by atoms with Crippen molar-refractivity contribution in [1.82, 2.24) is 24.8 Å². The molecule has 2 aromatic rings. The van der Waals surface area contributed by atoms with Crippen LogP contribution in [-0.4, -0.2) is 56.8 Å². The van der Waals surface area contributed by atoms with Gasteiger partial charge in [-0.3, -0.25) is 14.7 Å². The molecule has 1 unspecified atom stereocenters. The molecule has 1 amide bonds. The summed E-state index contributed by atoms with van der Waals surface area (Å²) in [5.41, 5.74) is 3.11. The number of likely N-dealkylation sites (N-methyl/N-ethyl adjacent to an activating group) is 1. The second kappa shape index (κ2) is 5.77. The summed E-state index contributed by atoms with van der Waals surface area (Å²) in [6, 6.07) is 3.80. The fourth-order valence-corrected chi connectivity index (χ4v) is 3.80. The molecule has 0 spiro atoms. The highest BCUT2D eigenvalue weighted by atomic mass is 16.2. The zero-order valence-electron chi connectivity index (χ0n) is 13.3. The number of hydrogen-bond acceptors (Lipinski definition) is 4. The van der Waals surface area contributed by atoms with Gasteiger partial charge in [0, 0.05) is 31.1 Å². The number of carbonyl (C=O) groups is 1. The van der Waals surface area contributed by atoms with Crippen molar-refractivity contribution in [3.8, 4) is 0 Å². The van der Waals surface area contributed by atoms with Crippen molar-refractivity contribution < 1.29 is 4.79 Å². The van der Waals surface area contributed by atoms with Crippen LogP contribution in [0.3, 0.4) is 0 Å². The maximum absolute atomic E-state index is 13.2. The molecule has 2 atom stereocenters. The first kappa shape index (κ1) is 14.4. The molecule has 2 aromatic heterocycles. The van der Waals surface area contributed by atoms with Crippen LogP contribution < -0.4 is 0 Å². The Morgan fingerprint density at radius 1 is 1.39 bits per heavy atom. The summed E-state index contributed by atoms with van der Waals surface area (Å²) in [4.78, 5) is 29.3. The quantitative estimate of drug-likeness (QED) is 0.910. The molecule has 0 aliphatic carbocycles. The van der Waals surface area contributed by atoms with Crippen molar-refractivity contribution in [3.05, 3.63) is 47.8 Å². The van der Waals surface area contributed by atoms with Gasteiger partial charge >= 0.3 is 0 Å². The zero-order chi connectivity index (χ0) is 15.8. The van der Waals surface area contributed by atoms with Gasteiger partial charge in [0.2, 0.25) is 5.91 Å². The monoisotopic (exact) mass is 311 g/mol. The van der Waals surface area contributed by atoms with E-state index in [1.54, 1.807) is 12.5 Å². The number of fused-ring (bicyclic) bond motifs is 1. The first-order valence-corrected chi connectivity index (χ1v) is 8.18. The van der Waals surface area contributed by atoms with Gasteiger partial charge in [0.25, 0.3) is 0 Å². The SMILES string of the molecule is CN1CCC[C@H]1C(=O)N1CCc2[nH]cnc2C1c1cccnc1. The largest absolute Gasteiger partial charge is 0.348 e. The summed E-state index contributed by atoms with van der Waals surface area (Å²) < 4.78 is 0. The number of imidazole rings is 1. The van der Waals surface area contributed by atoms with Gasteiger partial charge in [-0.05, 0) is 38.1 Å². The van der Waals surface area contributed by atoms with Crippen LogP contribution in [0.15, 0.2) is 30.9 Å². The number of nitrogens with zero attached hydrogens (tertiary/aromatic N) is 4. The van der Waals surface area contributed by atoms with Gasteiger partial charge in [-0.2, -0.15) is 0 Å². The first-order chi connectivity index (χ1) is 11.3. The minimum atomic E-state index is -0.139. The molecular weight excluding hydrogens is 290 g/mol. The van der Waals surface area contributed by atoms with Crippen LogP contribution >= 0.6 is 0 Å². The lowest BCUT2D eigenvalue weighted by Gasteiger charge is -2.37. The first-order valence-electron chi connectivity index (χ1n) is 8.18. The lowest BCUT2D eigenvalue weighted by molar-refractivity contribution is -0.137. The predicted octanol–water partition coefficient (Wildman–Crippen LogP) is 1.37. The number of nitrogens with one attached hydrogen (secondary N) is 1. The number of hydrogen-bond donors (Lipinski definition) is 1. The molecule has 6 nitrogen and oxygen atoms in total. The van der Waals surface area contributed by atoms with E-state index in [9.17, 15) is 4.79 Å². The second-order valence-corrected chi connectivity index (χ2v) is 6.38. The fraction of sp³-hybridized carbons (Fsp3) is 0.471. The molecule has 1 fully saturated rings. The average molecular weight is 311 g/mol. The average Bonchev–Trinajstić information content (AvgIpc) is 3.22. The van der Waals surface area contributed by atoms with Crippen molar-refractivity contribution in [2.24, 2.45) is 0 Å². The molecule has 0 aromatic carbocycles. The van der Waals surface area contributed by atoms with E-state index in [2.05, 4.69) is 19.9 Å². The molecule has 120 valence electrons. The lowest BCUT2D eigenvalue weighted by atomic mass is 9.95. The van der Waals surface area contributed by atoms with E-state index in [1.165, 1.54) is 0 Å². The van der Waals surface area contributed by atoms with E-state index in [0.29, 0.717) is 0 Å². The number of likely N-dealkylation sites (tertiary alicyclic amines) is 1. The summed E-state index contributed by atoms with van der Waals surface area (Å²) in [6.45, 7) is 1.72. The van der Waals surface area contributed by atoms with Gasteiger partial charge < -0.3 is 9.88 Å². The van der Waals surface area contributed by atoms with Crippen LogP contribution in [-0.2, 0) is 11.2 Å². The number of amides is 1. The number of H-pyrrole nitrogens is 1. The highest BCUT2D eigenvalue weighted by molar-refractivity contribution is 5.83. The molecule has 0 saturated carbocycles. The van der Waals surface area contributed by atoms with Crippen molar-refractivity contribution in [3.63, 3.8) is 0 Å². The van der Waals surface area contributed by atoms with Crippen molar-refractivity contribution in [2.45, 2.75) is 31.3 Å². The number of pyridine rings is 1. The van der Waals surface area contributed by atoms with E-state index in [-0.39, 0.29) is 18.0 Å². The molecule has 1 N–H and O–H groups in total. The minimum absolute atomic E-state index is 0.00494. The van der Waals surface area contributed by atoms with Gasteiger partial charge in [-0.15, -0.1) is 0 Å². The zero-order valence-corrected chi connectivity index (χ0v) is 13.3. The molecule has 4 heterocycles. The number of rotatable bonds is 2. The summed E-state index contributed by atoms with van der Waals surface area (Å²) in [7, 11) is 2.04. The Labute approximate surface area is 135 Å². The smallest absolute Gasteiger partial charge is 0.240 e. The van der Waals surface area contributed by atoms with Crippen LogP contribution in [0.5, 0.6) is 0 Å². The summed E-state index contributed by atoms with van der Waals surface area (Å²) in [6.07, 6.45) is 8.19. The number of aromatic amines is 1. The molecule has 4 rings (SSSR count). The lowest BCUT2D eigenvalue weighted by Crippen LogP contribution is -2.48. The Balaban J connectivity index is 1.72. The maximum Gasteiger partial charge on any atom is 0.240 e. The Hall–Kier alpha value is -2.21. The third-order valence-corrected chi connectivity index (χ3v) is 5.01. The third-order valence-electron chi connectivity index (χ3n) is 5.01. The van der Waals surface area contributed by atoms with E-state index < -0.39 is 0 Å². The van der Waals surface area contributed by atoms with Crippen molar-refractivity contribution in [1.29, 1.82) is 0 Å². The number of carbonyl (C=O) groups excluding carboxylic acids is 1. The van der Waals surface area contributed by atoms with Gasteiger partial charge in [-0.25, -0.2) is 4.98 Å². The maximum atomic E-state index is 13.2. The van der Waals surface area contributed by atoms with E-state index in [1.807, 2.05) is 30.3 Å².